The second-order valence-corrected chi connectivity index (χ2v) is 12.4. The summed E-state index contributed by atoms with van der Waals surface area (Å²) in [7, 11) is 3.68. The monoisotopic (exact) mass is 509 g/mol. The number of carbonyl (C=O) groups excluding carboxylic acids is 3. The summed E-state index contributed by atoms with van der Waals surface area (Å²) in [5.41, 5.74) is -7.31. The van der Waals surface area contributed by atoms with Crippen LogP contribution in [0, 0.1) is 16.7 Å². The Kier molecular flexibility index (Phi) is 7.34. The first-order valence-corrected chi connectivity index (χ1v) is 12.7. The Bertz CT molecular complexity index is 933. The van der Waals surface area contributed by atoms with Gasteiger partial charge in [-0.15, -0.1) is 6.58 Å². The van der Waals surface area contributed by atoms with Crippen molar-refractivity contribution in [3.8, 4) is 0 Å². The van der Waals surface area contributed by atoms with Crippen LogP contribution in [0.3, 0.4) is 0 Å². The summed E-state index contributed by atoms with van der Waals surface area (Å²) in [5.74, 6) is -2.43. The van der Waals surface area contributed by atoms with Crippen LogP contribution in [0.1, 0.15) is 67.2 Å². The van der Waals surface area contributed by atoms with Gasteiger partial charge in [0.15, 0.2) is 17.5 Å². The van der Waals surface area contributed by atoms with E-state index >= 15 is 0 Å². The van der Waals surface area contributed by atoms with Crippen molar-refractivity contribution in [2.45, 2.75) is 102 Å². The smallest absolute Gasteiger partial charge is 0.307 e. The predicted molar refractivity (Wildman–Crippen MR) is 132 cm³/mol. The molecule has 3 rings (SSSR count). The number of carbonyl (C=O) groups is 3. The lowest BCUT2D eigenvalue weighted by Gasteiger charge is -2.71. The average Bonchev–Trinajstić information content (AvgIpc) is 2.75. The van der Waals surface area contributed by atoms with E-state index in [-0.39, 0.29) is 12.8 Å². The van der Waals surface area contributed by atoms with Gasteiger partial charge in [0.25, 0.3) is 0 Å². The zero-order valence-electron chi connectivity index (χ0n) is 22.9. The third-order valence-corrected chi connectivity index (χ3v) is 9.03. The molecule has 0 aromatic heterocycles. The molecule has 3 fully saturated rings. The Hall–Kier alpha value is -1.81. The van der Waals surface area contributed by atoms with Crippen molar-refractivity contribution in [3.63, 3.8) is 0 Å². The Morgan fingerprint density at radius 3 is 2.33 bits per heavy atom. The summed E-state index contributed by atoms with van der Waals surface area (Å²) in [6.07, 6.45) is -1.19. The quantitative estimate of drug-likeness (QED) is 0.409. The lowest BCUT2D eigenvalue weighted by atomic mass is 9.39. The number of hydrogen-bond acceptors (Lipinski definition) is 9. The number of aliphatic hydroxyl groups excluding tert-OH is 1. The minimum atomic E-state index is -2.24. The van der Waals surface area contributed by atoms with E-state index in [0.29, 0.717) is 19.4 Å². The molecule has 9 nitrogen and oxygen atoms in total. The maximum absolute atomic E-state index is 13.9. The fourth-order valence-corrected chi connectivity index (χ4v) is 7.27. The third kappa shape index (κ3) is 4.12. The normalized spacial score (nSPS) is 43.8. The van der Waals surface area contributed by atoms with Crippen molar-refractivity contribution in [3.05, 3.63) is 12.7 Å². The molecular formula is C27H43NO8. The van der Waals surface area contributed by atoms with E-state index < -0.39 is 69.6 Å². The Morgan fingerprint density at radius 1 is 1.19 bits per heavy atom. The molecule has 2 aliphatic carbocycles. The SMILES string of the molecule is C=C[C@@]1(C)CC(=O)[C@]2(O)[C@@]3(C)[C@@H](O)CCC(C)(C)[C@@H]3[C@H](OC(=O)CCN(C)C)C(OC(C)=O)[C@@]2(C)O1. The molecule has 0 aromatic carbocycles. The zero-order chi connectivity index (χ0) is 27.5. The minimum absolute atomic E-state index is 0.0911. The van der Waals surface area contributed by atoms with Crippen molar-refractivity contribution in [2.24, 2.45) is 16.7 Å². The van der Waals surface area contributed by atoms with Gasteiger partial charge in [0.05, 0.1) is 18.1 Å². The van der Waals surface area contributed by atoms with Crippen LogP contribution in [0.4, 0.5) is 0 Å². The van der Waals surface area contributed by atoms with Crippen molar-refractivity contribution in [2.75, 3.05) is 20.6 Å². The largest absolute Gasteiger partial charge is 0.458 e. The zero-order valence-corrected chi connectivity index (χ0v) is 22.9. The number of fused-ring (bicyclic) bond motifs is 3. The Labute approximate surface area is 214 Å². The van der Waals surface area contributed by atoms with Gasteiger partial charge in [0.2, 0.25) is 0 Å². The van der Waals surface area contributed by atoms with Gasteiger partial charge in [-0.1, -0.05) is 26.8 Å². The number of ether oxygens (including phenoxy) is 3. The number of hydrogen-bond donors (Lipinski definition) is 2. The maximum Gasteiger partial charge on any atom is 0.307 e. The fourth-order valence-electron chi connectivity index (χ4n) is 7.27. The summed E-state index contributed by atoms with van der Waals surface area (Å²) in [6.45, 7) is 14.2. The summed E-state index contributed by atoms with van der Waals surface area (Å²) in [4.78, 5) is 41.3. The molecule has 1 unspecified atom stereocenters. The van der Waals surface area contributed by atoms with Crippen LogP contribution < -0.4 is 0 Å². The van der Waals surface area contributed by atoms with Crippen LogP contribution in [0.25, 0.3) is 0 Å². The molecular weight excluding hydrogens is 466 g/mol. The maximum atomic E-state index is 13.9. The van der Waals surface area contributed by atoms with Crippen LogP contribution >= 0.6 is 0 Å². The van der Waals surface area contributed by atoms with Crippen LogP contribution in [0.2, 0.25) is 0 Å². The summed E-state index contributed by atoms with van der Waals surface area (Å²) in [5, 5.41) is 24.0. The van der Waals surface area contributed by atoms with Crippen molar-refractivity contribution in [1.29, 1.82) is 0 Å². The molecule has 9 heteroatoms. The predicted octanol–water partition coefficient (Wildman–Crippen LogP) is 2.02. The molecule has 2 N–H and O–H groups in total. The first kappa shape index (κ1) is 28.8. The lowest BCUT2D eigenvalue weighted by Crippen LogP contribution is -2.87. The average molecular weight is 510 g/mol. The molecule has 204 valence electrons. The molecule has 3 aliphatic rings. The molecule has 1 aliphatic heterocycles. The lowest BCUT2D eigenvalue weighted by molar-refractivity contribution is -0.371. The molecule has 0 spiro atoms. The van der Waals surface area contributed by atoms with Crippen molar-refractivity contribution >= 4 is 17.7 Å². The number of Topliss-reactive ketones (excluding diaryl/α,β-unsaturated/α-hetero) is 1. The van der Waals surface area contributed by atoms with Crippen LogP contribution in [-0.4, -0.2) is 88.6 Å². The highest BCUT2D eigenvalue weighted by atomic mass is 16.6. The first-order chi connectivity index (χ1) is 16.4. The summed E-state index contributed by atoms with van der Waals surface area (Å²) in [6, 6.07) is 0. The summed E-state index contributed by atoms with van der Waals surface area (Å²) < 4.78 is 18.4. The van der Waals surface area contributed by atoms with E-state index in [2.05, 4.69) is 6.58 Å². The van der Waals surface area contributed by atoms with Gasteiger partial charge in [-0.2, -0.15) is 0 Å². The van der Waals surface area contributed by atoms with Crippen LogP contribution in [0.15, 0.2) is 12.7 Å². The molecule has 36 heavy (non-hydrogen) atoms. The number of nitrogens with zero attached hydrogens (tertiary/aromatic N) is 1. The second-order valence-electron chi connectivity index (χ2n) is 12.4. The molecule has 0 bridgehead atoms. The standard InChI is InChI=1S/C27H43NO8/c1-10-24(5)15-18(31)27(33)25(6)17(30)11-13-23(3,4)21(25)20(35-19(32)12-14-28(8)9)22(34-16(2)29)26(27,7)36-24/h10,17,20-22,30,33H,1,11-15H2,2-9H3/t17-,20-,21-,22?,24-,25-,26+,27-/m0/s1. The topological polar surface area (TPSA) is 123 Å². The van der Waals surface area contributed by atoms with Gasteiger partial charge >= 0.3 is 11.9 Å². The highest BCUT2D eigenvalue weighted by molar-refractivity contribution is 5.92. The fraction of sp³-hybridized carbons (Fsp3) is 0.815. The van der Waals surface area contributed by atoms with E-state index in [1.807, 2.05) is 32.8 Å². The van der Waals surface area contributed by atoms with E-state index in [1.54, 1.807) is 13.8 Å². The molecule has 0 amide bonds. The van der Waals surface area contributed by atoms with Crippen molar-refractivity contribution in [1.82, 2.24) is 4.90 Å². The molecule has 0 aromatic rings. The molecule has 0 radical (unpaired) electrons. The molecule has 8 atom stereocenters. The Balaban J connectivity index is 2.29. The number of aliphatic hydroxyl groups is 2. The van der Waals surface area contributed by atoms with Crippen molar-refractivity contribution < 1.29 is 38.8 Å². The van der Waals surface area contributed by atoms with Gasteiger partial charge < -0.3 is 29.3 Å². The highest BCUT2D eigenvalue weighted by Crippen LogP contribution is 2.67. The van der Waals surface area contributed by atoms with Gasteiger partial charge in [-0.05, 0) is 46.2 Å². The van der Waals surface area contributed by atoms with E-state index in [0.717, 1.165) is 0 Å². The highest BCUT2D eigenvalue weighted by Gasteiger charge is 2.82. The first-order valence-electron chi connectivity index (χ1n) is 12.7. The summed E-state index contributed by atoms with van der Waals surface area (Å²) >= 11 is 0. The van der Waals surface area contributed by atoms with E-state index in [4.69, 9.17) is 14.2 Å². The van der Waals surface area contributed by atoms with Crippen LogP contribution in [0.5, 0.6) is 0 Å². The van der Waals surface area contributed by atoms with Gasteiger partial charge in [-0.3, -0.25) is 14.4 Å². The van der Waals surface area contributed by atoms with Gasteiger partial charge in [-0.25, -0.2) is 0 Å². The number of esters is 2. The van der Waals surface area contributed by atoms with E-state index in [9.17, 15) is 24.6 Å². The Morgan fingerprint density at radius 2 is 1.81 bits per heavy atom. The van der Waals surface area contributed by atoms with Gasteiger partial charge in [0, 0.05) is 31.2 Å². The number of ketones is 1. The van der Waals surface area contributed by atoms with Crippen LogP contribution in [-0.2, 0) is 28.6 Å². The molecule has 1 saturated heterocycles. The van der Waals surface area contributed by atoms with Gasteiger partial charge in [0.1, 0.15) is 11.7 Å². The third-order valence-electron chi connectivity index (χ3n) is 9.03. The second kappa shape index (κ2) is 9.19. The molecule has 1 heterocycles. The number of rotatable bonds is 6. The minimum Gasteiger partial charge on any atom is -0.458 e. The van der Waals surface area contributed by atoms with E-state index in [1.165, 1.54) is 19.9 Å². The molecule has 2 saturated carbocycles.